The fraction of sp³-hybridized carbons (Fsp3) is 1.00. The van der Waals surface area contributed by atoms with Crippen molar-refractivity contribution in [2.24, 2.45) is 5.92 Å². The first kappa shape index (κ1) is 14.1. The first-order valence-corrected chi connectivity index (χ1v) is 7.88. The van der Waals surface area contributed by atoms with Crippen molar-refractivity contribution < 1.29 is 4.21 Å². The Bertz CT molecular complexity index is 235. The lowest BCUT2D eigenvalue weighted by Gasteiger charge is -2.37. The van der Waals surface area contributed by atoms with Gasteiger partial charge in [-0.2, -0.15) is 0 Å². The highest BCUT2D eigenvalue weighted by atomic mass is 32.2. The van der Waals surface area contributed by atoms with E-state index in [9.17, 15) is 4.21 Å². The number of nitrogens with one attached hydrogen (secondary N) is 1. The van der Waals surface area contributed by atoms with Crippen LogP contribution in [-0.2, 0) is 10.8 Å². The number of likely N-dealkylation sites (tertiary alicyclic amines) is 1. The summed E-state index contributed by atoms with van der Waals surface area (Å²) in [6.07, 6.45) is 4.10. The van der Waals surface area contributed by atoms with Gasteiger partial charge in [-0.1, -0.05) is 13.8 Å². The summed E-state index contributed by atoms with van der Waals surface area (Å²) in [7, 11) is 1.38. The van der Waals surface area contributed by atoms with Crippen LogP contribution in [0.3, 0.4) is 0 Å². The van der Waals surface area contributed by atoms with Gasteiger partial charge < -0.3 is 10.2 Å². The molecule has 0 aromatic rings. The predicted octanol–water partition coefficient (Wildman–Crippen LogP) is 1.07. The molecule has 1 aliphatic heterocycles. The molecule has 0 aromatic carbocycles. The molecule has 4 heteroatoms. The van der Waals surface area contributed by atoms with Gasteiger partial charge in [-0.25, -0.2) is 0 Å². The van der Waals surface area contributed by atoms with Gasteiger partial charge in [0.25, 0.3) is 0 Å². The van der Waals surface area contributed by atoms with Crippen LogP contribution in [0.15, 0.2) is 0 Å². The number of hydrogen-bond acceptors (Lipinski definition) is 3. The highest BCUT2D eigenvalue weighted by molar-refractivity contribution is 7.84. The van der Waals surface area contributed by atoms with Gasteiger partial charge in [0, 0.05) is 34.9 Å². The average molecular weight is 246 g/mol. The van der Waals surface area contributed by atoms with Crippen LogP contribution in [0, 0.1) is 5.92 Å². The summed E-state index contributed by atoms with van der Waals surface area (Å²) in [4.78, 5) is 2.52. The Morgan fingerprint density at radius 3 is 2.75 bits per heavy atom. The Labute approximate surface area is 102 Å². The average Bonchev–Trinajstić information content (AvgIpc) is 2.25. The monoisotopic (exact) mass is 246 g/mol. The summed E-state index contributed by atoms with van der Waals surface area (Å²) in [6.45, 7) is 7.85. The second kappa shape index (κ2) is 6.72. The zero-order valence-electron chi connectivity index (χ0n) is 11.0. The lowest BCUT2D eigenvalue weighted by molar-refractivity contribution is 0.150. The maximum atomic E-state index is 11.3. The summed E-state index contributed by atoms with van der Waals surface area (Å²) < 4.78 is 11.3. The van der Waals surface area contributed by atoms with Gasteiger partial charge in [-0.15, -0.1) is 0 Å². The molecule has 1 aliphatic rings. The van der Waals surface area contributed by atoms with E-state index in [0.717, 1.165) is 18.9 Å². The summed E-state index contributed by atoms with van der Waals surface area (Å²) in [5, 5.41) is 3.71. The minimum absolute atomic E-state index is 0.331. The first-order chi connectivity index (χ1) is 7.54. The number of piperidine rings is 1. The van der Waals surface area contributed by atoms with Gasteiger partial charge in [0.05, 0.1) is 0 Å². The molecule has 3 nitrogen and oxygen atoms in total. The Balaban J connectivity index is 2.27. The fourth-order valence-corrected chi connectivity index (χ4v) is 2.83. The molecule has 1 rings (SSSR count). The molecule has 1 fully saturated rings. The molecule has 0 radical (unpaired) electrons. The third-order valence-electron chi connectivity index (χ3n) is 3.78. The van der Waals surface area contributed by atoms with Crippen molar-refractivity contribution in [1.29, 1.82) is 0 Å². The third kappa shape index (κ3) is 4.15. The van der Waals surface area contributed by atoms with Crippen molar-refractivity contribution in [3.05, 3.63) is 0 Å². The van der Waals surface area contributed by atoms with Crippen LogP contribution >= 0.6 is 0 Å². The van der Waals surface area contributed by atoms with E-state index in [0.29, 0.717) is 11.3 Å². The molecule has 0 aliphatic carbocycles. The smallest absolute Gasteiger partial charge is 0.0329 e. The molecule has 96 valence electrons. The second-order valence-electron chi connectivity index (χ2n) is 5.06. The maximum Gasteiger partial charge on any atom is 0.0329 e. The molecular formula is C12H26N2OS. The van der Waals surface area contributed by atoms with E-state index in [-0.39, 0.29) is 0 Å². The van der Waals surface area contributed by atoms with Crippen LogP contribution in [0.5, 0.6) is 0 Å². The summed E-state index contributed by atoms with van der Waals surface area (Å²) >= 11 is 0. The Kier molecular flexibility index (Phi) is 5.94. The number of hydrogen-bond donors (Lipinski definition) is 1. The lowest BCUT2D eigenvalue weighted by atomic mass is 9.94. The van der Waals surface area contributed by atoms with E-state index >= 15 is 0 Å². The van der Waals surface area contributed by atoms with E-state index < -0.39 is 10.8 Å². The maximum absolute atomic E-state index is 11.3. The van der Waals surface area contributed by atoms with E-state index in [1.807, 2.05) is 0 Å². The Hall–Kier alpha value is 0.0700. The van der Waals surface area contributed by atoms with Crippen LogP contribution in [0.1, 0.15) is 26.7 Å². The first-order valence-electron chi connectivity index (χ1n) is 6.26. The van der Waals surface area contributed by atoms with E-state index in [2.05, 4.69) is 31.1 Å². The molecule has 1 saturated heterocycles. The van der Waals surface area contributed by atoms with Crippen molar-refractivity contribution in [1.82, 2.24) is 10.2 Å². The normalized spacial score (nSPS) is 31.2. The largest absolute Gasteiger partial charge is 0.317 e. The number of nitrogens with zero attached hydrogens (tertiary/aromatic N) is 1. The van der Waals surface area contributed by atoms with Crippen LogP contribution < -0.4 is 5.32 Å². The molecule has 0 aromatic heterocycles. The standard InChI is InChI=1S/C12H26N2OS/c1-10-9-14(8-6-12(10)13-3)7-5-11(2)16(4)15/h10-13H,5-9H2,1-4H3. The number of rotatable bonds is 5. The highest BCUT2D eigenvalue weighted by Crippen LogP contribution is 2.17. The van der Waals surface area contributed by atoms with Crippen molar-refractivity contribution in [3.8, 4) is 0 Å². The van der Waals surface area contributed by atoms with E-state index in [1.165, 1.54) is 19.5 Å². The molecule has 0 amide bonds. The Morgan fingerprint density at radius 2 is 2.25 bits per heavy atom. The van der Waals surface area contributed by atoms with Gasteiger partial charge >= 0.3 is 0 Å². The highest BCUT2D eigenvalue weighted by Gasteiger charge is 2.24. The van der Waals surface area contributed by atoms with Gasteiger partial charge in [-0.3, -0.25) is 4.21 Å². The zero-order chi connectivity index (χ0) is 12.1. The van der Waals surface area contributed by atoms with Crippen LogP contribution in [0.25, 0.3) is 0 Å². The fourth-order valence-electron chi connectivity index (χ4n) is 2.39. The summed E-state index contributed by atoms with van der Waals surface area (Å²) in [5.41, 5.74) is 0. The molecule has 1 N–H and O–H groups in total. The van der Waals surface area contributed by atoms with Crippen molar-refractivity contribution in [2.45, 2.75) is 38.0 Å². The predicted molar refractivity (Wildman–Crippen MR) is 71.2 cm³/mol. The SMILES string of the molecule is CNC1CCN(CCC(C)S(C)=O)CC1C. The third-order valence-corrected chi connectivity index (χ3v) is 5.15. The molecule has 4 atom stereocenters. The van der Waals surface area contributed by atoms with Gasteiger partial charge in [-0.05, 0) is 38.9 Å². The zero-order valence-corrected chi connectivity index (χ0v) is 11.8. The molecule has 0 bridgehead atoms. The topological polar surface area (TPSA) is 32.3 Å². The second-order valence-corrected chi connectivity index (χ2v) is 6.86. The minimum Gasteiger partial charge on any atom is -0.317 e. The molecule has 4 unspecified atom stereocenters. The molecule has 0 saturated carbocycles. The van der Waals surface area contributed by atoms with E-state index in [4.69, 9.17) is 0 Å². The quantitative estimate of drug-likeness (QED) is 0.788. The minimum atomic E-state index is -0.671. The van der Waals surface area contributed by atoms with Crippen LogP contribution in [-0.4, -0.2) is 53.3 Å². The van der Waals surface area contributed by atoms with Crippen molar-refractivity contribution >= 4 is 10.8 Å². The summed E-state index contributed by atoms with van der Waals surface area (Å²) in [6, 6.07) is 0.675. The van der Waals surface area contributed by atoms with Crippen LogP contribution in [0.2, 0.25) is 0 Å². The molecule has 1 heterocycles. The molecular weight excluding hydrogens is 220 g/mol. The lowest BCUT2D eigenvalue weighted by Crippen LogP contribution is -2.47. The summed E-state index contributed by atoms with van der Waals surface area (Å²) in [5.74, 6) is 0.723. The van der Waals surface area contributed by atoms with E-state index in [1.54, 1.807) is 6.26 Å². The van der Waals surface area contributed by atoms with Gasteiger partial charge in [0.1, 0.15) is 0 Å². The van der Waals surface area contributed by atoms with Gasteiger partial charge in [0.15, 0.2) is 0 Å². The molecule has 0 spiro atoms. The Morgan fingerprint density at radius 1 is 1.56 bits per heavy atom. The van der Waals surface area contributed by atoms with Crippen molar-refractivity contribution in [2.75, 3.05) is 32.9 Å². The van der Waals surface area contributed by atoms with Crippen LogP contribution in [0.4, 0.5) is 0 Å². The molecule has 16 heavy (non-hydrogen) atoms. The van der Waals surface area contributed by atoms with Gasteiger partial charge in [0.2, 0.25) is 0 Å². The van der Waals surface area contributed by atoms with Crippen molar-refractivity contribution in [3.63, 3.8) is 0 Å².